The maximum absolute atomic E-state index is 12.2. The lowest BCUT2D eigenvalue weighted by Crippen LogP contribution is -2.22. The van der Waals surface area contributed by atoms with Crippen molar-refractivity contribution in [1.82, 2.24) is 5.32 Å². The molecule has 1 amide bonds. The number of hydrogen-bond donors (Lipinski definition) is 2. The molecule has 20 heavy (non-hydrogen) atoms. The number of nitrogens with one attached hydrogen (secondary N) is 1. The third kappa shape index (κ3) is 3.48. The van der Waals surface area contributed by atoms with Crippen LogP contribution in [0.4, 0.5) is 0 Å². The molecule has 0 saturated heterocycles. The Bertz CT molecular complexity index is 646. The van der Waals surface area contributed by atoms with Crippen molar-refractivity contribution in [2.45, 2.75) is 19.9 Å². The molecular formula is C15H16N2OS2. The summed E-state index contributed by atoms with van der Waals surface area (Å²) in [6.07, 6.45) is 0.873. The Balaban J connectivity index is 2.02. The molecule has 0 aliphatic carbocycles. The van der Waals surface area contributed by atoms with E-state index in [0.717, 1.165) is 27.3 Å². The molecule has 5 heteroatoms. The Morgan fingerprint density at radius 3 is 2.90 bits per heavy atom. The van der Waals surface area contributed by atoms with Crippen LogP contribution >= 0.6 is 22.7 Å². The first kappa shape index (κ1) is 14.8. The summed E-state index contributed by atoms with van der Waals surface area (Å²) in [5, 5.41) is 6.89. The molecule has 0 aromatic carbocycles. The van der Waals surface area contributed by atoms with Crippen molar-refractivity contribution >= 4 is 28.6 Å². The highest BCUT2D eigenvalue weighted by Gasteiger charge is 2.12. The molecule has 0 saturated carbocycles. The summed E-state index contributed by atoms with van der Waals surface area (Å²) in [5.41, 5.74) is 7.42. The Morgan fingerprint density at radius 2 is 2.15 bits per heavy atom. The highest BCUT2D eigenvalue weighted by Crippen LogP contribution is 2.19. The molecule has 2 heterocycles. The SMILES string of the molecule is CCc1ccsc1C(=O)NCc1sccc1C#CCN. The van der Waals surface area contributed by atoms with E-state index in [4.69, 9.17) is 5.73 Å². The first-order valence-corrected chi connectivity index (χ1v) is 8.12. The minimum atomic E-state index is -0.0111. The smallest absolute Gasteiger partial charge is 0.261 e. The Labute approximate surface area is 126 Å². The molecule has 0 aliphatic rings. The van der Waals surface area contributed by atoms with Gasteiger partial charge in [-0.1, -0.05) is 18.8 Å². The second-order valence-electron chi connectivity index (χ2n) is 4.07. The van der Waals surface area contributed by atoms with Crippen LogP contribution < -0.4 is 11.1 Å². The van der Waals surface area contributed by atoms with E-state index in [1.807, 2.05) is 22.9 Å². The first-order chi connectivity index (χ1) is 9.76. The minimum Gasteiger partial charge on any atom is -0.346 e. The summed E-state index contributed by atoms with van der Waals surface area (Å²) >= 11 is 3.08. The minimum absolute atomic E-state index is 0.0111. The van der Waals surface area contributed by atoms with E-state index in [2.05, 4.69) is 24.1 Å². The largest absolute Gasteiger partial charge is 0.346 e. The van der Waals surface area contributed by atoms with E-state index in [1.54, 1.807) is 11.3 Å². The van der Waals surface area contributed by atoms with Crippen molar-refractivity contribution in [3.63, 3.8) is 0 Å². The van der Waals surface area contributed by atoms with Crippen LogP contribution in [0.2, 0.25) is 0 Å². The van der Waals surface area contributed by atoms with Crippen molar-refractivity contribution in [1.29, 1.82) is 0 Å². The Kier molecular flexibility index (Phi) is 5.36. The zero-order chi connectivity index (χ0) is 14.4. The Morgan fingerprint density at radius 1 is 1.35 bits per heavy atom. The number of amides is 1. The number of thiophene rings is 2. The van der Waals surface area contributed by atoms with Crippen LogP contribution in [-0.2, 0) is 13.0 Å². The van der Waals surface area contributed by atoms with E-state index in [1.165, 1.54) is 11.3 Å². The van der Waals surface area contributed by atoms with E-state index >= 15 is 0 Å². The van der Waals surface area contributed by atoms with Gasteiger partial charge >= 0.3 is 0 Å². The lowest BCUT2D eigenvalue weighted by molar-refractivity contribution is 0.0954. The molecule has 3 N–H and O–H groups in total. The summed E-state index contributed by atoms with van der Waals surface area (Å²) < 4.78 is 0. The lowest BCUT2D eigenvalue weighted by Gasteiger charge is -2.04. The normalized spacial score (nSPS) is 9.90. The maximum Gasteiger partial charge on any atom is 0.261 e. The quantitative estimate of drug-likeness (QED) is 0.853. The molecule has 0 spiro atoms. The van der Waals surface area contributed by atoms with Crippen LogP contribution in [0.15, 0.2) is 22.9 Å². The number of rotatable bonds is 4. The van der Waals surface area contributed by atoms with Gasteiger partial charge in [0.25, 0.3) is 5.91 Å². The molecule has 3 nitrogen and oxygen atoms in total. The summed E-state index contributed by atoms with van der Waals surface area (Å²) in [6, 6.07) is 3.96. The fraction of sp³-hybridized carbons (Fsp3) is 0.267. The van der Waals surface area contributed by atoms with Gasteiger partial charge in [0.2, 0.25) is 0 Å². The number of nitrogens with two attached hydrogens (primary N) is 1. The van der Waals surface area contributed by atoms with Gasteiger partial charge in [-0.25, -0.2) is 0 Å². The highest BCUT2D eigenvalue weighted by atomic mass is 32.1. The number of aryl methyl sites for hydroxylation is 1. The summed E-state index contributed by atoms with van der Waals surface area (Å²) in [4.78, 5) is 14.0. The van der Waals surface area contributed by atoms with E-state index < -0.39 is 0 Å². The summed E-state index contributed by atoms with van der Waals surface area (Å²) in [5.74, 6) is 5.85. The van der Waals surface area contributed by atoms with Crippen molar-refractivity contribution in [3.8, 4) is 11.8 Å². The highest BCUT2D eigenvalue weighted by molar-refractivity contribution is 7.12. The molecule has 0 unspecified atom stereocenters. The van der Waals surface area contributed by atoms with E-state index in [0.29, 0.717) is 13.1 Å². The molecule has 2 rings (SSSR count). The van der Waals surface area contributed by atoms with Crippen LogP contribution in [0, 0.1) is 11.8 Å². The molecule has 2 aromatic heterocycles. The van der Waals surface area contributed by atoms with Gasteiger partial charge in [-0.2, -0.15) is 0 Å². The summed E-state index contributed by atoms with van der Waals surface area (Å²) in [7, 11) is 0. The van der Waals surface area contributed by atoms with Gasteiger partial charge in [0.1, 0.15) is 0 Å². The van der Waals surface area contributed by atoms with Crippen molar-refractivity contribution in [2.75, 3.05) is 6.54 Å². The van der Waals surface area contributed by atoms with Crippen LogP contribution in [0.3, 0.4) is 0 Å². The van der Waals surface area contributed by atoms with Crippen molar-refractivity contribution in [2.24, 2.45) is 5.73 Å². The van der Waals surface area contributed by atoms with Crippen LogP contribution in [0.1, 0.15) is 32.6 Å². The zero-order valence-electron chi connectivity index (χ0n) is 11.2. The van der Waals surface area contributed by atoms with E-state index in [9.17, 15) is 4.79 Å². The first-order valence-electron chi connectivity index (χ1n) is 6.36. The van der Waals surface area contributed by atoms with Gasteiger partial charge in [0, 0.05) is 10.4 Å². The van der Waals surface area contributed by atoms with Gasteiger partial charge in [-0.05, 0) is 34.9 Å². The number of carbonyl (C=O) groups excluding carboxylic acids is 1. The molecule has 2 aromatic rings. The van der Waals surface area contributed by atoms with Crippen LogP contribution in [0.25, 0.3) is 0 Å². The van der Waals surface area contributed by atoms with E-state index in [-0.39, 0.29) is 5.91 Å². The van der Waals surface area contributed by atoms with Gasteiger partial charge in [-0.15, -0.1) is 22.7 Å². The monoisotopic (exact) mass is 304 g/mol. The van der Waals surface area contributed by atoms with Gasteiger partial charge in [0.15, 0.2) is 0 Å². The Hall–Kier alpha value is -1.61. The lowest BCUT2D eigenvalue weighted by atomic mass is 10.2. The standard InChI is InChI=1S/C15H16N2OS2/c1-2-11-5-9-20-14(11)15(18)17-10-13-12(4-3-7-16)6-8-19-13/h5-6,8-9H,2,7,10,16H2,1H3,(H,17,18). The second-order valence-corrected chi connectivity index (χ2v) is 5.99. The summed E-state index contributed by atoms with van der Waals surface area (Å²) in [6.45, 7) is 2.90. The third-order valence-electron chi connectivity index (χ3n) is 2.81. The molecule has 0 radical (unpaired) electrons. The maximum atomic E-state index is 12.2. The average Bonchev–Trinajstić information content (AvgIpc) is 3.10. The van der Waals surface area contributed by atoms with Gasteiger partial charge in [0.05, 0.1) is 18.0 Å². The fourth-order valence-corrected chi connectivity index (χ4v) is 3.47. The topological polar surface area (TPSA) is 55.1 Å². The van der Waals surface area contributed by atoms with Gasteiger partial charge in [-0.3, -0.25) is 4.79 Å². The fourth-order valence-electron chi connectivity index (χ4n) is 1.79. The zero-order valence-corrected chi connectivity index (χ0v) is 12.9. The predicted molar refractivity (Wildman–Crippen MR) is 85.1 cm³/mol. The number of carbonyl (C=O) groups is 1. The second kappa shape index (κ2) is 7.25. The van der Waals surface area contributed by atoms with Gasteiger partial charge < -0.3 is 11.1 Å². The number of hydrogen-bond acceptors (Lipinski definition) is 4. The molecule has 0 atom stereocenters. The van der Waals surface area contributed by atoms with Crippen LogP contribution in [0.5, 0.6) is 0 Å². The molecule has 0 fully saturated rings. The van der Waals surface area contributed by atoms with Crippen LogP contribution in [-0.4, -0.2) is 12.5 Å². The predicted octanol–water partition coefficient (Wildman–Crippen LogP) is 2.61. The average molecular weight is 304 g/mol. The third-order valence-corrected chi connectivity index (χ3v) is 4.69. The molecule has 0 bridgehead atoms. The molecular weight excluding hydrogens is 288 g/mol. The van der Waals surface area contributed by atoms with Crippen molar-refractivity contribution in [3.05, 3.63) is 43.8 Å². The molecule has 0 aliphatic heterocycles. The van der Waals surface area contributed by atoms with Crippen molar-refractivity contribution < 1.29 is 4.79 Å². The molecule has 104 valence electrons.